The monoisotopic (exact) mass is 451 g/mol. The SMILES string of the molecule is CCCC[C@@H](CC)CNC(=O)[C@@H]1CCCN(S(=O)(=O)c2ccc3c(c2)oc(=O)n3C)C1. The smallest absolute Gasteiger partial charge is 0.408 e. The highest BCUT2D eigenvalue weighted by atomic mass is 32.2. The summed E-state index contributed by atoms with van der Waals surface area (Å²) in [5.74, 6) is -0.506. The van der Waals surface area contributed by atoms with Crippen LogP contribution in [0.15, 0.2) is 32.3 Å². The Morgan fingerprint density at radius 2 is 2.10 bits per heavy atom. The van der Waals surface area contributed by atoms with E-state index in [1.165, 1.54) is 21.0 Å². The Hall–Kier alpha value is -2.13. The molecule has 1 aromatic carbocycles. The average Bonchev–Trinajstić information content (AvgIpc) is 3.06. The summed E-state index contributed by atoms with van der Waals surface area (Å²) in [5, 5.41) is 3.04. The largest absolute Gasteiger partial charge is 0.419 e. The summed E-state index contributed by atoms with van der Waals surface area (Å²) < 4.78 is 34.2. The van der Waals surface area contributed by atoms with Gasteiger partial charge in [0.1, 0.15) is 0 Å². The fraction of sp³-hybridized carbons (Fsp3) is 0.636. The molecule has 1 aliphatic heterocycles. The lowest BCUT2D eigenvalue weighted by Gasteiger charge is -2.31. The number of nitrogens with one attached hydrogen (secondary N) is 1. The molecule has 172 valence electrons. The number of sulfonamides is 1. The zero-order valence-electron chi connectivity index (χ0n) is 18.6. The summed E-state index contributed by atoms with van der Waals surface area (Å²) in [6.07, 6.45) is 5.71. The number of oxazole rings is 1. The molecule has 2 heterocycles. The van der Waals surface area contributed by atoms with E-state index in [1.807, 2.05) is 0 Å². The van der Waals surface area contributed by atoms with Gasteiger partial charge in [-0.1, -0.05) is 33.1 Å². The van der Waals surface area contributed by atoms with Gasteiger partial charge < -0.3 is 9.73 Å². The fourth-order valence-electron chi connectivity index (χ4n) is 4.13. The second-order valence-corrected chi connectivity index (χ2v) is 10.4. The molecule has 0 aliphatic carbocycles. The minimum atomic E-state index is -3.79. The molecule has 31 heavy (non-hydrogen) atoms. The number of piperidine rings is 1. The second kappa shape index (κ2) is 9.99. The molecule has 0 unspecified atom stereocenters. The quantitative estimate of drug-likeness (QED) is 0.632. The van der Waals surface area contributed by atoms with Gasteiger partial charge in [0.05, 0.1) is 16.3 Å². The normalized spacial score (nSPS) is 18.9. The van der Waals surface area contributed by atoms with E-state index in [4.69, 9.17) is 4.42 Å². The Bertz CT molecular complexity index is 1070. The van der Waals surface area contributed by atoms with Crippen LogP contribution in [0.2, 0.25) is 0 Å². The van der Waals surface area contributed by atoms with Crippen molar-refractivity contribution < 1.29 is 17.6 Å². The lowest BCUT2D eigenvalue weighted by atomic mass is 9.96. The van der Waals surface area contributed by atoms with Gasteiger partial charge in [0.15, 0.2) is 5.58 Å². The Labute approximate surface area is 183 Å². The van der Waals surface area contributed by atoms with Crippen molar-refractivity contribution in [1.82, 2.24) is 14.2 Å². The molecule has 9 heteroatoms. The van der Waals surface area contributed by atoms with Crippen LogP contribution in [0.4, 0.5) is 0 Å². The minimum Gasteiger partial charge on any atom is -0.408 e. The number of nitrogens with zero attached hydrogens (tertiary/aromatic N) is 2. The lowest BCUT2D eigenvalue weighted by molar-refractivity contribution is -0.126. The summed E-state index contributed by atoms with van der Waals surface area (Å²) in [5.41, 5.74) is 0.769. The van der Waals surface area contributed by atoms with Gasteiger partial charge in [-0.2, -0.15) is 4.31 Å². The van der Waals surface area contributed by atoms with E-state index < -0.39 is 15.8 Å². The number of benzene rings is 1. The second-order valence-electron chi connectivity index (χ2n) is 8.42. The number of amides is 1. The lowest BCUT2D eigenvalue weighted by Crippen LogP contribution is -2.46. The summed E-state index contributed by atoms with van der Waals surface area (Å²) in [6.45, 7) is 5.47. The van der Waals surface area contributed by atoms with Gasteiger partial charge in [-0.15, -0.1) is 0 Å². The Morgan fingerprint density at radius 1 is 1.32 bits per heavy atom. The van der Waals surface area contributed by atoms with Gasteiger partial charge in [0.2, 0.25) is 15.9 Å². The van der Waals surface area contributed by atoms with E-state index in [1.54, 1.807) is 13.1 Å². The van der Waals surface area contributed by atoms with E-state index in [2.05, 4.69) is 19.2 Å². The molecule has 0 radical (unpaired) electrons. The van der Waals surface area contributed by atoms with Gasteiger partial charge in [-0.05, 0) is 37.3 Å². The highest BCUT2D eigenvalue weighted by Gasteiger charge is 2.33. The standard InChI is InChI=1S/C22H33N3O5S/c1-4-6-8-16(5-2)14-23-21(26)17-9-7-12-25(15-17)31(28,29)18-10-11-19-20(13-18)30-22(27)24(19)3/h10-11,13,16-17H,4-9,12,14-15H2,1-3H3,(H,23,26)/t16-,17-/m1/s1. The molecule has 2 aromatic rings. The van der Waals surface area contributed by atoms with Crippen LogP contribution in [0.3, 0.4) is 0 Å². The van der Waals surface area contributed by atoms with E-state index in [0.717, 1.165) is 25.7 Å². The Kier molecular flexibility index (Phi) is 7.59. The molecular weight excluding hydrogens is 418 g/mol. The maximum atomic E-state index is 13.2. The van der Waals surface area contributed by atoms with E-state index in [-0.39, 0.29) is 28.8 Å². The zero-order chi connectivity index (χ0) is 22.6. The first-order valence-corrected chi connectivity index (χ1v) is 12.6. The van der Waals surface area contributed by atoms with Crippen molar-refractivity contribution in [3.63, 3.8) is 0 Å². The number of carbonyl (C=O) groups excluding carboxylic acids is 1. The van der Waals surface area contributed by atoms with Crippen molar-refractivity contribution in [3.05, 3.63) is 28.7 Å². The third kappa shape index (κ3) is 5.20. The fourth-order valence-corrected chi connectivity index (χ4v) is 5.67. The number of fused-ring (bicyclic) bond motifs is 1. The van der Waals surface area contributed by atoms with Crippen LogP contribution in [-0.4, -0.2) is 42.8 Å². The van der Waals surface area contributed by atoms with Gasteiger partial charge >= 0.3 is 5.76 Å². The van der Waals surface area contributed by atoms with Gasteiger partial charge in [0, 0.05) is 32.7 Å². The summed E-state index contributed by atoms with van der Waals surface area (Å²) in [7, 11) is -2.22. The van der Waals surface area contributed by atoms with Gasteiger partial charge in [-0.3, -0.25) is 9.36 Å². The van der Waals surface area contributed by atoms with Crippen LogP contribution < -0.4 is 11.1 Å². The average molecular weight is 452 g/mol. The summed E-state index contributed by atoms with van der Waals surface area (Å²) in [6, 6.07) is 4.44. The predicted molar refractivity (Wildman–Crippen MR) is 119 cm³/mol. The van der Waals surface area contributed by atoms with Crippen LogP contribution in [0.25, 0.3) is 11.1 Å². The highest BCUT2D eigenvalue weighted by molar-refractivity contribution is 7.89. The molecule has 0 spiro atoms. The van der Waals surface area contributed by atoms with E-state index in [9.17, 15) is 18.0 Å². The van der Waals surface area contributed by atoms with Crippen LogP contribution in [0, 0.1) is 11.8 Å². The molecule has 1 amide bonds. The number of unbranched alkanes of at least 4 members (excludes halogenated alkanes) is 1. The minimum absolute atomic E-state index is 0.0700. The van der Waals surface area contributed by atoms with Gasteiger partial charge in [0.25, 0.3) is 0 Å². The number of hydrogen-bond acceptors (Lipinski definition) is 5. The molecule has 2 atom stereocenters. The summed E-state index contributed by atoms with van der Waals surface area (Å²) >= 11 is 0. The molecule has 1 aromatic heterocycles. The van der Waals surface area contributed by atoms with Crippen LogP contribution in [0.1, 0.15) is 52.4 Å². The molecule has 3 rings (SSSR count). The topological polar surface area (TPSA) is 102 Å². The predicted octanol–water partition coefficient (Wildman–Crippen LogP) is 2.86. The number of rotatable bonds is 9. The molecule has 1 fully saturated rings. The Morgan fingerprint density at radius 3 is 2.81 bits per heavy atom. The number of aryl methyl sites for hydroxylation is 1. The number of hydrogen-bond donors (Lipinski definition) is 1. The van der Waals surface area contributed by atoms with Crippen LogP contribution in [0.5, 0.6) is 0 Å². The molecular formula is C22H33N3O5S. The first-order chi connectivity index (χ1) is 14.8. The van der Waals surface area contributed by atoms with Crippen LogP contribution >= 0.6 is 0 Å². The third-order valence-corrected chi connectivity index (χ3v) is 8.13. The van der Waals surface area contributed by atoms with E-state index in [0.29, 0.717) is 37.4 Å². The van der Waals surface area contributed by atoms with Crippen molar-refractivity contribution in [1.29, 1.82) is 0 Å². The highest BCUT2D eigenvalue weighted by Crippen LogP contribution is 2.26. The number of aromatic nitrogens is 1. The molecule has 1 aliphatic rings. The Balaban J connectivity index is 1.69. The molecule has 0 saturated carbocycles. The molecule has 8 nitrogen and oxygen atoms in total. The first kappa shape index (κ1) is 23.5. The van der Waals surface area contributed by atoms with Crippen molar-refractivity contribution in [2.24, 2.45) is 18.9 Å². The zero-order valence-corrected chi connectivity index (χ0v) is 19.4. The van der Waals surface area contributed by atoms with E-state index >= 15 is 0 Å². The van der Waals surface area contributed by atoms with Crippen molar-refractivity contribution in [2.45, 2.75) is 57.3 Å². The van der Waals surface area contributed by atoms with Crippen LogP contribution in [-0.2, 0) is 21.9 Å². The first-order valence-electron chi connectivity index (χ1n) is 11.1. The summed E-state index contributed by atoms with van der Waals surface area (Å²) in [4.78, 5) is 24.5. The third-order valence-electron chi connectivity index (χ3n) is 6.26. The number of carbonyl (C=O) groups is 1. The molecule has 0 bridgehead atoms. The van der Waals surface area contributed by atoms with Crippen molar-refractivity contribution in [2.75, 3.05) is 19.6 Å². The van der Waals surface area contributed by atoms with Crippen molar-refractivity contribution in [3.8, 4) is 0 Å². The molecule has 1 N–H and O–H groups in total. The maximum absolute atomic E-state index is 13.2. The molecule has 1 saturated heterocycles. The van der Waals surface area contributed by atoms with Crippen molar-refractivity contribution >= 4 is 27.0 Å². The maximum Gasteiger partial charge on any atom is 0.419 e. The van der Waals surface area contributed by atoms with Gasteiger partial charge in [-0.25, -0.2) is 13.2 Å².